The smallest absolute Gasteiger partial charge is 0.256 e. The first kappa shape index (κ1) is 13.0. The molecular formula is C15H15NO3. The molecular weight excluding hydrogens is 242 g/mol. The van der Waals surface area contributed by atoms with Crippen LogP contribution in [-0.4, -0.2) is 20.1 Å². The third-order valence-electron chi connectivity index (χ3n) is 2.87. The van der Waals surface area contributed by atoms with E-state index >= 15 is 0 Å². The molecule has 0 fully saturated rings. The Morgan fingerprint density at radius 2 is 1.68 bits per heavy atom. The van der Waals surface area contributed by atoms with Crippen LogP contribution >= 0.6 is 0 Å². The van der Waals surface area contributed by atoms with Gasteiger partial charge in [-0.1, -0.05) is 30.3 Å². The van der Waals surface area contributed by atoms with Crippen LogP contribution in [0.15, 0.2) is 42.5 Å². The lowest BCUT2D eigenvalue weighted by molar-refractivity contribution is 0.0994. The Kier molecular flexibility index (Phi) is 3.71. The number of benzene rings is 2. The Hall–Kier alpha value is -2.49. The molecule has 0 aliphatic carbocycles. The molecule has 98 valence electrons. The Morgan fingerprint density at radius 3 is 2.21 bits per heavy atom. The predicted octanol–water partition coefficient (Wildman–Crippen LogP) is 2.47. The van der Waals surface area contributed by atoms with Crippen molar-refractivity contribution in [2.75, 3.05) is 14.2 Å². The van der Waals surface area contributed by atoms with Crippen LogP contribution in [0.1, 0.15) is 10.4 Å². The molecule has 2 aromatic rings. The minimum atomic E-state index is -0.577. The highest BCUT2D eigenvalue weighted by Crippen LogP contribution is 2.37. The third-order valence-corrected chi connectivity index (χ3v) is 2.87. The van der Waals surface area contributed by atoms with Gasteiger partial charge >= 0.3 is 0 Å². The molecule has 19 heavy (non-hydrogen) atoms. The average Bonchev–Trinajstić information content (AvgIpc) is 2.46. The Bertz CT molecular complexity index is 594. The van der Waals surface area contributed by atoms with E-state index in [0.717, 1.165) is 11.1 Å². The first-order valence-electron chi connectivity index (χ1n) is 5.79. The number of methoxy groups -OCH3 is 2. The van der Waals surface area contributed by atoms with Gasteiger partial charge in [0.15, 0.2) is 0 Å². The van der Waals surface area contributed by atoms with Crippen LogP contribution in [-0.2, 0) is 0 Å². The summed E-state index contributed by atoms with van der Waals surface area (Å²) in [5.41, 5.74) is 7.42. The van der Waals surface area contributed by atoms with Crippen molar-refractivity contribution in [2.45, 2.75) is 0 Å². The van der Waals surface area contributed by atoms with Gasteiger partial charge in [-0.25, -0.2) is 0 Å². The SMILES string of the molecule is COc1ccc(-c2ccccc2)c(OC)c1C(N)=O. The van der Waals surface area contributed by atoms with E-state index in [0.29, 0.717) is 11.5 Å². The summed E-state index contributed by atoms with van der Waals surface area (Å²) >= 11 is 0. The van der Waals surface area contributed by atoms with Crippen molar-refractivity contribution in [3.63, 3.8) is 0 Å². The Morgan fingerprint density at radius 1 is 1.00 bits per heavy atom. The van der Waals surface area contributed by atoms with Crippen molar-refractivity contribution in [3.8, 4) is 22.6 Å². The molecule has 0 aliphatic rings. The van der Waals surface area contributed by atoms with E-state index < -0.39 is 5.91 Å². The maximum absolute atomic E-state index is 11.6. The summed E-state index contributed by atoms with van der Waals surface area (Å²) in [6.07, 6.45) is 0. The maximum Gasteiger partial charge on any atom is 0.256 e. The Balaban J connectivity index is 2.70. The van der Waals surface area contributed by atoms with Crippen LogP contribution in [0, 0.1) is 0 Å². The summed E-state index contributed by atoms with van der Waals surface area (Å²) in [7, 11) is 3.00. The maximum atomic E-state index is 11.6. The Labute approximate surface area is 111 Å². The molecule has 0 saturated heterocycles. The van der Waals surface area contributed by atoms with Gasteiger partial charge in [0, 0.05) is 5.56 Å². The van der Waals surface area contributed by atoms with Gasteiger partial charge in [-0.3, -0.25) is 4.79 Å². The highest BCUT2D eigenvalue weighted by atomic mass is 16.5. The van der Waals surface area contributed by atoms with Gasteiger partial charge < -0.3 is 15.2 Å². The minimum absolute atomic E-state index is 0.256. The van der Waals surface area contributed by atoms with E-state index in [9.17, 15) is 4.79 Å². The molecule has 4 heteroatoms. The lowest BCUT2D eigenvalue weighted by Gasteiger charge is -2.15. The van der Waals surface area contributed by atoms with Crippen molar-refractivity contribution >= 4 is 5.91 Å². The highest BCUT2D eigenvalue weighted by molar-refractivity contribution is 6.01. The number of ether oxygens (including phenoxy) is 2. The molecule has 4 nitrogen and oxygen atoms in total. The fourth-order valence-corrected chi connectivity index (χ4v) is 2.03. The first-order chi connectivity index (χ1) is 9.19. The van der Waals surface area contributed by atoms with Gasteiger partial charge in [-0.05, 0) is 17.7 Å². The first-order valence-corrected chi connectivity index (χ1v) is 5.79. The fourth-order valence-electron chi connectivity index (χ4n) is 2.03. The van der Waals surface area contributed by atoms with Crippen molar-refractivity contribution in [1.29, 1.82) is 0 Å². The van der Waals surface area contributed by atoms with Gasteiger partial charge in [0.2, 0.25) is 0 Å². The molecule has 2 N–H and O–H groups in total. The lowest BCUT2D eigenvalue weighted by atomic mass is 10.00. The summed E-state index contributed by atoms with van der Waals surface area (Å²) in [6.45, 7) is 0. The molecule has 0 heterocycles. The average molecular weight is 257 g/mol. The second-order valence-electron chi connectivity index (χ2n) is 3.95. The van der Waals surface area contributed by atoms with Crippen LogP contribution in [0.25, 0.3) is 11.1 Å². The second kappa shape index (κ2) is 5.44. The van der Waals surface area contributed by atoms with Crippen molar-refractivity contribution in [3.05, 3.63) is 48.0 Å². The number of carbonyl (C=O) groups is 1. The van der Waals surface area contributed by atoms with Crippen molar-refractivity contribution in [1.82, 2.24) is 0 Å². The molecule has 0 radical (unpaired) electrons. The number of rotatable bonds is 4. The standard InChI is InChI=1S/C15H15NO3/c1-18-12-9-8-11(10-6-4-3-5-7-10)14(19-2)13(12)15(16)17/h3-9H,1-2H3,(H2,16,17). The van der Waals surface area contributed by atoms with Crippen molar-refractivity contribution in [2.24, 2.45) is 5.73 Å². The summed E-state index contributed by atoms with van der Waals surface area (Å²) in [5.74, 6) is 0.258. The van der Waals surface area contributed by atoms with Gasteiger partial charge in [-0.2, -0.15) is 0 Å². The van der Waals surface area contributed by atoms with Crippen LogP contribution in [0.5, 0.6) is 11.5 Å². The molecule has 0 spiro atoms. The van der Waals surface area contributed by atoms with E-state index in [1.807, 2.05) is 36.4 Å². The van der Waals surface area contributed by atoms with E-state index in [2.05, 4.69) is 0 Å². The number of primary amides is 1. The zero-order chi connectivity index (χ0) is 13.8. The number of amides is 1. The summed E-state index contributed by atoms with van der Waals surface area (Å²) in [5, 5.41) is 0. The molecule has 0 aliphatic heterocycles. The van der Waals surface area contributed by atoms with Crippen LogP contribution < -0.4 is 15.2 Å². The van der Waals surface area contributed by atoms with Gasteiger partial charge in [-0.15, -0.1) is 0 Å². The minimum Gasteiger partial charge on any atom is -0.496 e. The molecule has 0 saturated carbocycles. The molecule has 0 unspecified atom stereocenters. The molecule has 0 atom stereocenters. The largest absolute Gasteiger partial charge is 0.496 e. The van der Waals surface area contributed by atoms with E-state index in [4.69, 9.17) is 15.2 Å². The van der Waals surface area contributed by atoms with E-state index in [1.165, 1.54) is 14.2 Å². The quantitative estimate of drug-likeness (QED) is 0.915. The van der Waals surface area contributed by atoms with Crippen LogP contribution in [0.2, 0.25) is 0 Å². The lowest BCUT2D eigenvalue weighted by Crippen LogP contribution is -2.14. The molecule has 1 amide bonds. The monoisotopic (exact) mass is 257 g/mol. The third kappa shape index (κ3) is 2.38. The van der Waals surface area contributed by atoms with Crippen molar-refractivity contribution < 1.29 is 14.3 Å². The number of nitrogens with two attached hydrogens (primary N) is 1. The topological polar surface area (TPSA) is 61.6 Å². The van der Waals surface area contributed by atoms with Gasteiger partial charge in [0.25, 0.3) is 5.91 Å². The van der Waals surface area contributed by atoms with Crippen LogP contribution in [0.4, 0.5) is 0 Å². The fraction of sp³-hybridized carbons (Fsp3) is 0.133. The summed E-state index contributed by atoms with van der Waals surface area (Å²) < 4.78 is 10.5. The van der Waals surface area contributed by atoms with Gasteiger partial charge in [0.1, 0.15) is 17.1 Å². The molecule has 0 bridgehead atoms. The molecule has 2 aromatic carbocycles. The van der Waals surface area contributed by atoms with E-state index in [-0.39, 0.29) is 5.56 Å². The summed E-state index contributed by atoms with van der Waals surface area (Å²) in [6, 6.07) is 13.2. The number of hydrogen-bond acceptors (Lipinski definition) is 3. The van der Waals surface area contributed by atoms with E-state index in [1.54, 1.807) is 6.07 Å². The number of hydrogen-bond donors (Lipinski definition) is 1. The second-order valence-corrected chi connectivity index (χ2v) is 3.95. The predicted molar refractivity (Wildman–Crippen MR) is 73.5 cm³/mol. The zero-order valence-corrected chi connectivity index (χ0v) is 10.8. The van der Waals surface area contributed by atoms with Crippen LogP contribution in [0.3, 0.4) is 0 Å². The van der Waals surface area contributed by atoms with Gasteiger partial charge in [0.05, 0.1) is 14.2 Å². The number of carbonyl (C=O) groups excluding carboxylic acids is 1. The normalized spacial score (nSPS) is 10.0. The summed E-state index contributed by atoms with van der Waals surface area (Å²) in [4.78, 5) is 11.6. The zero-order valence-electron chi connectivity index (χ0n) is 10.8. The molecule has 0 aromatic heterocycles. The molecule has 2 rings (SSSR count). The highest BCUT2D eigenvalue weighted by Gasteiger charge is 2.20.